The van der Waals surface area contributed by atoms with Gasteiger partial charge < -0.3 is 9.16 Å². The summed E-state index contributed by atoms with van der Waals surface area (Å²) in [5.41, 5.74) is -3.83. The lowest BCUT2D eigenvalue weighted by atomic mass is 9.79. The van der Waals surface area contributed by atoms with Crippen molar-refractivity contribution >= 4 is 25.8 Å². The van der Waals surface area contributed by atoms with Gasteiger partial charge in [0.05, 0.1) is 45.9 Å². The first kappa shape index (κ1) is 28.7. The van der Waals surface area contributed by atoms with E-state index in [2.05, 4.69) is 38.8 Å². The van der Waals surface area contributed by atoms with Crippen LogP contribution in [0.5, 0.6) is 0 Å². The Morgan fingerprint density at radius 3 is 2.13 bits per heavy atom. The second kappa shape index (κ2) is 9.15. The van der Waals surface area contributed by atoms with Crippen molar-refractivity contribution in [1.29, 1.82) is 5.26 Å². The maximum Gasteiger partial charge on any atom is 0.417 e. The highest BCUT2D eigenvalue weighted by Crippen LogP contribution is 2.55. The van der Waals surface area contributed by atoms with E-state index in [1.54, 1.807) is 0 Å². The molecule has 0 aromatic heterocycles. The molecule has 0 spiro atoms. The smallest absolute Gasteiger partial charge is 0.417 e. The van der Waals surface area contributed by atoms with Gasteiger partial charge in [-0.2, -0.15) is 18.4 Å². The van der Waals surface area contributed by atoms with Gasteiger partial charge in [-0.1, -0.05) is 20.8 Å². The second-order valence-electron chi connectivity index (χ2n) is 12.7. The van der Waals surface area contributed by atoms with Gasteiger partial charge >= 0.3 is 6.18 Å². The quantitative estimate of drug-likeness (QED) is 0.283. The summed E-state index contributed by atoms with van der Waals surface area (Å²) in [7, 11) is -1.86. The molecule has 208 valence electrons. The molecular weight excluding hydrogens is 515 g/mol. The average Bonchev–Trinajstić information content (AvgIpc) is 3.15. The monoisotopic (exact) mass is 551 g/mol. The number of hydrogen-bond donors (Lipinski definition) is 0. The van der Waals surface area contributed by atoms with Crippen LogP contribution >= 0.6 is 0 Å². The molecule has 7 nitrogen and oxygen atoms in total. The van der Waals surface area contributed by atoms with Crippen molar-refractivity contribution in [3.8, 4) is 6.07 Å². The van der Waals surface area contributed by atoms with Crippen molar-refractivity contribution < 1.29 is 31.9 Å². The van der Waals surface area contributed by atoms with E-state index in [1.807, 2.05) is 13.8 Å². The van der Waals surface area contributed by atoms with E-state index in [-0.39, 0.29) is 10.7 Å². The third kappa shape index (κ3) is 4.70. The fourth-order valence-electron chi connectivity index (χ4n) is 6.01. The highest BCUT2D eigenvalue weighted by Gasteiger charge is 2.71. The number of fused-ring (bicyclic) bond motifs is 5. The highest BCUT2D eigenvalue weighted by molar-refractivity contribution is 6.74. The minimum absolute atomic E-state index is 0.117. The van der Waals surface area contributed by atoms with Gasteiger partial charge in [0.25, 0.3) is 0 Å². The number of ether oxygens (including phenoxy) is 1. The Balaban J connectivity index is 1.52. The number of carbonyl (C=O) groups is 2. The Morgan fingerprint density at radius 1 is 1.11 bits per heavy atom. The first-order chi connectivity index (χ1) is 17.3. The van der Waals surface area contributed by atoms with Gasteiger partial charge in [-0.3, -0.25) is 14.5 Å². The number of anilines is 1. The molecule has 1 aromatic rings. The van der Waals surface area contributed by atoms with Gasteiger partial charge in [0.1, 0.15) is 0 Å². The van der Waals surface area contributed by atoms with E-state index < -0.39 is 60.5 Å². The number of hydrogen-bond acceptors (Lipinski definition) is 6. The lowest BCUT2D eigenvalue weighted by Crippen LogP contribution is -2.58. The molecule has 3 saturated heterocycles. The van der Waals surface area contributed by atoms with Crippen LogP contribution in [0.25, 0.3) is 0 Å². The molecule has 0 saturated carbocycles. The summed E-state index contributed by atoms with van der Waals surface area (Å²) >= 11 is 0. The summed E-state index contributed by atoms with van der Waals surface area (Å²) in [5, 5.41) is 9.22. The van der Waals surface area contributed by atoms with Crippen LogP contribution in [0.3, 0.4) is 0 Å². The van der Waals surface area contributed by atoms with Gasteiger partial charge in [0, 0.05) is 26.2 Å². The largest absolute Gasteiger partial charge is 0.417 e. The van der Waals surface area contributed by atoms with Crippen LogP contribution in [-0.4, -0.2) is 62.5 Å². The first-order valence-electron chi connectivity index (χ1n) is 12.9. The molecule has 3 aliphatic rings. The number of morpholine rings is 1. The van der Waals surface area contributed by atoms with Crippen molar-refractivity contribution in [3.05, 3.63) is 29.3 Å². The number of amides is 2. The van der Waals surface area contributed by atoms with Crippen LogP contribution in [0.4, 0.5) is 18.9 Å². The van der Waals surface area contributed by atoms with Crippen LogP contribution in [0.2, 0.25) is 18.1 Å². The van der Waals surface area contributed by atoms with E-state index >= 15 is 0 Å². The van der Waals surface area contributed by atoms with Crippen LogP contribution in [0.15, 0.2) is 18.2 Å². The normalized spacial score (nSPS) is 30.1. The molecule has 3 aliphatic heterocycles. The fraction of sp³-hybridized carbons (Fsp3) is 0.667. The van der Waals surface area contributed by atoms with Crippen molar-refractivity contribution in [3.63, 3.8) is 0 Å². The Kier molecular flexibility index (Phi) is 6.92. The summed E-state index contributed by atoms with van der Waals surface area (Å²) in [6.45, 7) is 16.8. The molecular formula is C27H36F3N3O4Si. The van der Waals surface area contributed by atoms with Crippen LogP contribution in [0, 0.1) is 23.2 Å². The summed E-state index contributed by atoms with van der Waals surface area (Å²) in [4.78, 5) is 30.3. The zero-order valence-corrected chi connectivity index (χ0v) is 24.0. The molecule has 2 amide bonds. The van der Waals surface area contributed by atoms with Gasteiger partial charge in [0.2, 0.25) is 11.8 Å². The predicted molar refractivity (Wildman–Crippen MR) is 138 cm³/mol. The minimum Gasteiger partial charge on any atom is -0.417 e. The maximum atomic E-state index is 13.6. The maximum absolute atomic E-state index is 13.6. The number of halogens is 3. The Bertz CT molecular complexity index is 1160. The SMILES string of the molecule is CC12CN(CCCO[Si](C)(C)C(C)(C)C)C[C@@](C)(O1)[C@@H]1C(=O)N(c3ccc(C#N)c(C(F)(F)F)c3)C(=O)C12. The number of nitrogens with zero attached hydrogens (tertiary/aromatic N) is 3. The molecule has 1 aromatic carbocycles. The van der Waals surface area contributed by atoms with Crippen LogP contribution in [0.1, 0.15) is 52.2 Å². The van der Waals surface area contributed by atoms with Gasteiger partial charge in [-0.15, -0.1) is 0 Å². The summed E-state index contributed by atoms with van der Waals surface area (Å²) in [5.74, 6) is -2.74. The minimum atomic E-state index is -4.80. The van der Waals surface area contributed by atoms with E-state index in [0.717, 1.165) is 23.9 Å². The van der Waals surface area contributed by atoms with Crippen LogP contribution in [-0.2, 0) is 24.9 Å². The zero-order valence-electron chi connectivity index (χ0n) is 23.0. The average molecular weight is 552 g/mol. The van der Waals surface area contributed by atoms with E-state index in [4.69, 9.17) is 14.4 Å². The molecule has 3 fully saturated rings. The zero-order chi connectivity index (χ0) is 28.5. The molecule has 0 radical (unpaired) electrons. The number of likely N-dealkylation sites (tertiary alicyclic amines) is 1. The van der Waals surface area contributed by atoms with E-state index in [1.165, 1.54) is 12.1 Å². The molecule has 2 unspecified atom stereocenters. The highest BCUT2D eigenvalue weighted by atomic mass is 28.4. The Hall–Kier alpha value is -2.26. The summed E-state index contributed by atoms with van der Waals surface area (Å²) in [6, 6.07) is 4.46. The number of nitriles is 1. The third-order valence-electron chi connectivity index (χ3n) is 8.74. The number of imide groups is 1. The molecule has 3 heterocycles. The fourth-order valence-corrected chi connectivity index (χ4v) is 7.10. The van der Waals surface area contributed by atoms with E-state index in [0.29, 0.717) is 25.8 Å². The summed E-state index contributed by atoms with van der Waals surface area (Å²) in [6.07, 6.45) is -4.00. The first-order valence-corrected chi connectivity index (χ1v) is 15.8. The van der Waals surface area contributed by atoms with Crippen molar-refractivity contribution in [2.75, 3.05) is 31.1 Å². The molecule has 4 atom stereocenters. The molecule has 2 bridgehead atoms. The molecule has 0 aliphatic carbocycles. The number of carbonyl (C=O) groups excluding carboxylic acids is 2. The van der Waals surface area contributed by atoms with Crippen molar-refractivity contribution in [1.82, 2.24) is 4.90 Å². The molecule has 0 N–H and O–H groups in total. The van der Waals surface area contributed by atoms with Gasteiger partial charge in [-0.25, -0.2) is 4.90 Å². The van der Waals surface area contributed by atoms with Crippen molar-refractivity contribution in [2.24, 2.45) is 11.8 Å². The lowest BCUT2D eigenvalue weighted by molar-refractivity contribution is -0.169. The van der Waals surface area contributed by atoms with Crippen LogP contribution < -0.4 is 4.90 Å². The van der Waals surface area contributed by atoms with Crippen molar-refractivity contribution in [2.45, 2.75) is 76.6 Å². The second-order valence-corrected chi connectivity index (χ2v) is 17.5. The van der Waals surface area contributed by atoms with E-state index in [9.17, 15) is 22.8 Å². The number of benzene rings is 1. The molecule has 38 heavy (non-hydrogen) atoms. The third-order valence-corrected chi connectivity index (χ3v) is 13.3. The van der Waals surface area contributed by atoms with Gasteiger partial charge in [-0.05, 0) is 56.6 Å². The number of alkyl halides is 3. The number of rotatable bonds is 6. The summed E-state index contributed by atoms with van der Waals surface area (Å²) < 4.78 is 53.3. The Labute approximate surface area is 223 Å². The molecule has 11 heteroatoms. The predicted octanol–water partition coefficient (Wildman–Crippen LogP) is 4.96. The standard InChI is InChI=1S/C27H36F3N3O4Si/c1-24(2,3)38(6,7)36-12-8-11-32-15-25(4)20-21(26(5,16-32)37-25)23(35)33(22(20)34)18-10-9-17(14-31)19(13-18)27(28,29)30/h9-10,13,20-21H,8,11-12,15-16H2,1-7H3/t20-,21?,25+,26?/m0/s1. The Morgan fingerprint density at radius 2 is 1.66 bits per heavy atom. The molecule has 4 rings (SSSR count). The lowest BCUT2D eigenvalue weighted by Gasteiger charge is -2.45. The van der Waals surface area contributed by atoms with Gasteiger partial charge in [0.15, 0.2) is 8.32 Å². The topological polar surface area (TPSA) is 82.9 Å².